The molecule has 2 saturated heterocycles. The molecule has 0 spiro atoms. The second kappa shape index (κ2) is 3.61. The van der Waals surface area contributed by atoms with Crippen LogP contribution in [0.1, 0.15) is 5.01 Å². The van der Waals surface area contributed by atoms with Crippen molar-refractivity contribution in [1.29, 1.82) is 0 Å². The summed E-state index contributed by atoms with van der Waals surface area (Å²) < 4.78 is 0. The van der Waals surface area contributed by atoms with E-state index in [4.69, 9.17) is 0 Å². The fraction of sp³-hybridized carbons (Fsp3) is 0.700. The van der Waals surface area contributed by atoms with Gasteiger partial charge in [0, 0.05) is 24.7 Å². The molecule has 3 rings (SSSR count). The van der Waals surface area contributed by atoms with Crippen LogP contribution in [0.4, 0.5) is 0 Å². The third-order valence-electron chi connectivity index (χ3n) is 3.31. The van der Waals surface area contributed by atoms with Crippen molar-refractivity contribution in [3.63, 3.8) is 0 Å². The first kappa shape index (κ1) is 8.83. The van der Waals surface area contributed by atoms with Gasteiger partial charge in [0.05, 0.1) is 6.54 Å². The molecule has 0 amide bonds. The minimum absolute atomic E-state index is 0.898. The topological polar surface area (TPSA) is 28.2 Å². The summed E-state index contributed by atoms with van der Waals surface area (Å²) in [7, 11) is 0. The molecule has 0 aromatic carbocycles. The van der Waals surface area contributed by atoms with Crippen molar-refractivity contribution < 1.29 is 0 Å². The third kappa shape index (κ3) is 1.58. The lowest BCUT2D eigenvalue weighted by molar-refractivity contribution is 0.305. The summed E-state index contributed by atoms with van der Waals surface area (Å²) in [5.74, 6) is 1.80. The molecule has 3 heterocycles. The summed E-state index contributed by atoms with van der Waals surface area (Å²) in [6.07, 6.45) is 1.90. The molecule has 2 aliphatic heterocycles. The summed E-state index contributed by atoms with van der Waals surface area (Å²) in [5, 5.41) is 6.79. The van der Waals surface area contributed by atoms with E-state index in [-0.39, 0.29) is 0 Å². The van der Waals surface area contributed by atoms with Crippen LogP contribution in [-0.4, -0.2) is 36.1 Å². The molecule has 0 unspecified atom stereocenters. The highest BCUT2D eigenvalue weighted by molar-refractivity contribution is 7.09. The van der Waals surface area contributed by atoms with Gasteiger partial charge in [-0.25, -0.2) is 4.98 Å². The molecule has 1 aromatic rings. The van der Waals surface area contributed by atoms with Crippen molar-refractivity contribution in [1.82, 2.24) is 15.2 Å². The molecule has 0 aliphatic carbocycles. The van der Waals surface area contributed by atoms with E-state index in [0.29, 0.717) is 0 Å². The predicted molar refractivity (Wildman–Crippen MR) is 57.2 cm³/mol. The average Bonchev–Trinajstić information content (AvgIpc) is 2.78. The highest BCUT2D eigenvalue weighted by Gasteiger charge is 2.35. The Morgan fingerprint density at radius 2 is 2.21 bits per heavy atom. The van der Waals surface area contributed by atoms with Gasteiger partial charge in [0.1, 0.15) is 5.01 Å². The summed E-state index contributed by atoms with van der Waals surface area (Å²) >= 11 is 1.77. The molecule has 0 bridgehead atoms. The van der Waals surface area contributed by atoms with Crippen LogP contribution in [-0.2, 0) is 6.54 Å². The number of fused-ring (bicyclic) bond motifs is 1. The Morgan fingerprint density at radius 1 is 1.43 bits per heavy atom. The summed E-state index contributed by atoms with van der Waals surface area (Å²) in [4.78, 5) is 6.89. The van der Waals surface area contributed by atoms with Crippen molar-refractivity contribution in [2.24, 2.45) is 11.8 Å². The predicted octanol–water partition coefficient (Wildman–Crippen LogP) is 0.794. The molecule has 2 aliphatic rings. The van der Waals surface area contributed by atoms with E-state index in [1.807, 2.05) is 6.20 Å². The highest BCUT2D eigenvalue weighted by atomic mass is 32.1. The van der Waals surface area contributed by atoms with Crippen molar-refractivity contribution in [2.45, 2.75) is 6.54 Å². The SMILES string of the molecule is c1csc(CN2C[C@@H]3CNC[C@H]3C2)n1. The van der Waals surface area contributed by atoms with Crippen molar-refractivity contribution in [2.75, 3.05) is 26.2 Å². The third-order valence-corrected chi connectivity index (χ3v) is 4.07. The van der Waals surface area contributed by atoms with E-state index < -0.39 is 0 Å². The fourth-order valence-corrected chi connectivity index (χ4v) is 3.26. The molecular formula is C10H15N3S. The van der Waals surface area contributed by atoms with E-state index >= 15 is 0 Å². The van der Waals surface area contributed by atoms with Gasteiger partial charge in [0.15, 0.2) is 0 Å². The average molecular weight is 209 g/mol. The van der Waals surface area contributed by atoms with Gasteiger partial charge < -0.3 is 5.32 Å². The Labute approximate surface area is 88.1 Å². The van der Waals surface area contributed by atoms with E-state index in [9.17, 15) is 0 Å². The Kier molecular flexibility index (Phi) is 2.27. The number of hydrogen-bond acceptors (Lipinski definition) is 4. The van der Waals surface area contributed by atoms with Gasteiger partial charge in [-0.2, -0.15) is 0 Å². The Bertz CT molecular complexity index is 286. The van der Waals surface area contributed by atoms with E-state index in [0.717, 1.165) is 18.4 Å². The number of nitrogens with zero attached hydrogens (tertiary/aromatic N) is 2. The number of aromatic nitrogens is 1. The number of thiazole rings is 1. The molecule has 0 radical (unpaired) electrons. The molecule has 2 atom stereocenters. The molecule has 1 N–H and O–H groups in total. The molecule has 76 valence electrons. The number of hydrogen-bond donors (Lipinski definition) is 1. The Morgan fingerprint density at radius 3 is 2.86 bits per heavy atom. The van der Waals surface area contributed by atoms with E-state index in [2.05, 4.69) is 20.6 Å². The number of likely N-dealkylation sites (tertiary alicyclic amines) is 1. The number of nitrogens with one attached hydrogen (secondary N) is 1. The van der Waals surface area contributed by atoms with Gasteiger partial charge in [0.25, 0.3) is 0 Å². The quantitative estimate of drug-likeness (QED) is 0.780. The lowest BCUT2D eigenvalue weighted by Crippen LogP contribution is -2.25. The lowest BCUT2D eigenvalue weighted by atomic mass is 10.0. The van der Waals surface area contributed by atoms with Crippen LogP contribution < -0.4 is 5.32 Å². The number of rotatable bonds is 2. The monoisotopic (exact) mass is 209 g/mol. The zero-order valence-corrected chi connectivity index (χ0v) is 8.96. The molecule has 14 heavy (non-hydrogen) atoms. The van der Waals surface area contributed by atoms with Crippen LogP contribution in [0, 0.1) is 11.8 Å². The molecular weight excluding hydrogens is 194 g/mol. The standard InChI is InChI=1S/C10H15N3S/c1-2-14-10(12-1)7-13-5-8-3-11-4-9(8)6-13/h1-2,8-9,11H,3-7H2/t8-,9-/m0/s1. The zero-order valence-electron chi connectivity index (χ0n) is 8.15. The molecule has 2 fully saturated rings. The summed E-state index contributed by atoms with van der Waals surface area (Å²) in [6, 6.07) is 0. The summed E-state index contributed by atoms with van der Waals surface area (Å²) in [5.41, 5.74) is 0. The van der Waals surface area contributed by atoms with Crippen LogP contribution in [0.3, 0.4) is 0 Å². The van der Waals surface area contributed by atoms with Gasteiger partial charge in [-0.05, 0) is 24.9 Å². The van der Waals surface area contributed by atoms with E-state index in [1.165, 1.54) is 31.2 Å². The Hall–Kier alpha value is -0.450. The molecule has 1 aromatic heterocycles. The van der Waals surface area contributed by atoms with E-state index in [1.54, 1.807) is 11.3 Å². The molecule has 0 saturated carbocycles. The highest BCUT2D eigenvalue weighted by Crippen LogP contribution is 2.27. The van der Waals surface area contributed by atoms with Gasteiger partial charge in [-0.1, -0.05) is 0 Å². The second-order valence-electron chi connectivity index (χ2n) is 4.30. The smallest absolute Gasteiger partial charge is 0.107 e. The minimum Gasteiger partial charge on any atom is -0.316 e. The first-order valence-electron chi connectivity index (χ1n) is 5.23. The van der Waals surface area contributed by atoms with Crippen LogP contribution in [0.25, 0.3) is 0 Å². The van der Waals surface area contributed by atoms with Crippen molar-refractivity contribution in [3.05, 3.63) is 16.6 Å². The first-order chi connectivity index (χ1) is 6.92. The van der Waals surface area contributed by atoms with Crippen molar-refractivity contribution in [3.8, 4) is 0 Å². The van der Waals surface area contributed by atoms with Gasteiger partial charge in [-0.3, -0.25) is 4.90 Å². The maximum atomic E-state index is 4.33. The van der Waals surface area contributed by atoms with Gasteiger partial charge >= 0.3 is 0 Å². The maximum absolute atomic E-state index is 4.33. The van der Waals surface area contributed by atoms with Crippen LogP contribution in [0.15, 0.2) is 11.6 Å². The largest absolute Gasteiger partial charge is 0.316 e. The van der Waals surface area contributed by atoms with Gasteiger partial charge in [-0.15, -0.1) is 11.3 Å². The molecule has 3 nitrogen and oxygen atoms in total. The normalized spacial score (nSPS) is 32.3. The van der Waals surface area contributed by atoms with Crippen LogP contribution >= 0.6 is 11.3 Å². The maximum Gasteiger partial charge on any atom is 0.107 e. The first-order valence-corrected chi connectivity index (χ1v) is 6.11. The lowest BCUT2D eigenvalue weighted by Gasteiger charge is -2.14. The van der Waals surface area contributed by atoms with Gasteiger partial charge in [0.2, 0.25) is 0 Å². The van der Waals surface area contributed by atoms with Crippen LogP contribution in [0.5, 0.6) is 0 Å². The summed E-state index contributed by atoms with van der Waals surface area (Å²) in [6.45, 7) is 6.03. The Balaban J connectivity index is 1.61. The molecule has 4 heteroatoms. The zero-order chi connectivity index (χ0) is 9.38. The fourth-order valence-electron chi connectivity index (χ4n) is 2.60. The van der Waals surface area contributed by atoms with Crippen LogP contribution in [0.2, 0.25) is 0 Å². The second-order valence-corrected chi connectivity index (χ2v) is 5.28. The minimum atomic E-state index is 0.898. The van der Waals surface area contributed by atoms with Crippen molar-refractivity contribution >= 4 is 11.3 Å².